The maximum absolute atomic E-state index is 12.3. The van der Waals surface area contributed by atoms with Crippen molar-refractivity contribution in [2.45, 2.75) is 31.8 Å². The van der Waals surface area contributed by atoms with Gasteiger partial charge in [-0.3, -0.25) is 14.9 Å². The molecule has 126 valence electrons. The lowest BCUT2D eigenvalue weighted by atomic mass is 10.0. The molecule has 0 heterocycles. The number of nitro groups is 1. The van der Waals surface area contributed by atoms with Crippen LogP contribution in [0.4, 0.5) is 5.69 Å². The third-order valence-electron chi connectivity index (χ3n) is 3.86. The van der Waals surface area contributed by atoms with Gasteiger partial charge in [-0.15, -0.1) is 0 Å². The van der Waals surface area contributed by atoms with Gasteiger partial charge in [-0.2, -0.15) is 0 Å². The summed E-state index contributed by atoms with van der Waals surface area (Å²) >= 11 is 0. The summed E-state index contributed by atoms with van der Waals surface area (Å²) in [6.45, 7) is 1.92. The molecular formula is C18H21N3O3. The third kappa shape index (κ3) is 4.63. The Morgan fingerprint density at radius 3 is 2.46 bits per heavy atom. The fourth-order valence-electron chi connectivity index (χ4n) is 2.55. The summed E-state index contributed by atoms with van der Waals surface area (Å²) < 4.78 is 0. The number of hydrogen-bond acceptors (Lipinski definition) is 4. The van der Waals surface area contributed by atoms with E-state index in [1.165, 1.54) is 12.1 Å². The second kappa shape index (κ2) is 8.21. The molecule has 0 aromatic heterocycles. The Balaban J connectivity index is 2.03. The van der Waals surface area contributed by atoms with Crippen LogP contribution in [0.2, 0.25) is 0 Å². The Labute approximate surface area is 140 Å². The Bertz CT molecular complexity index is 704. The first-order valence-electron chi connectivity index (χ1n) is 7.85. The van der Waals surface area contributed by atoms with Crippen molar-refractivity contribution in [1.29, 1.82) is 0 Å². The number of rotatable bonds is 7. The van der Waals surface area contributed by atoms with Gasteiger partial charge in [-0.05, 0) is 17.5 Å². The van der Waals surface area contributed by atoms with Crippen molar-refractivity contribution in [1.82, 2.24) is 5.32 Å². The summed E-state index contributed by atoms with van der Waals surface area (Å²) in [6, 6.07) is 15.1. The minimum Gasteiger partial charge on any atom is -0.349 e. The van der Waals surface area contributed by atoms with E-state index >= 15 is 0 Å². The number of amides is 1. The molecule has 0 radical (unpaired) electrons. The summed E-state index contributed by atoms with van der Waals surface area (Å²) in [5.41, 5.74) is 7.70. The molecule has 1 amide bonds. The molecule has 2 rings (SSSR count). The highest BCUT2D eigenvalue weighted by Gasteiger charge is 2.18. The maximum Gasteiger partial charge on any atom is 0.269 e. The molecular weight excluding hydrogens is 306 g/mol. The number of non-ortho nitro benzene ring substituents is 1. The van der Waals surface area contributed by atoms with E-state index in [1.54, 1.807) is 12.1 Å². The van der Waals surface area contributed by atoms with E-state index in [-0.39, 0.29) is 30.1 Å². The summed E-state index contributed by atoms with van der Waals surface area (Å²) in [7, 11) is 0. The minimum absolute atomic E-state index is 0.0150. The second-order valence-corrected chi connectivity index (χ2v) is 5.60. The lowest BCUT2D eigenvalue weighted by Crippen LogP contribution is -2.31. The van der Waals surface area contributed by atoms with Gasteiger partial charge in [-0.1, -0.05) is 49.4 Å². The van der Waals surface area contributed by atoms with Crippen LogP contribution in [0.1, 0.15) is 43.0 Å². The standard InChI is InChI=1S/C18H21N3O3/c1-2-17(14-9-6-10-15(11-14)21(23)24)20-18(22)12-16(19)13-7-4-3-5-8-13/h3-11,16-17H,2,12,19H2,1H3,(H,20,22). The van der Waals surface area contributed by atoms with Crippen LogP contribution < -0.4 is 11.1 Å². The van der Waals surface area contributed by atoms with Crippen molar-refractivity contribution in [3.63, 3.8) is 0 Å². The van der Waals surface area contributed by atoms with E-state index in [1.807, 2.05) is 37.3 Å². The number of nitrogens with two attached hydrogens (primary N) is 1. The summed E-state index contributed by atoms with van der Waals surface area (Å²) in [5.74, 6) is -0.176. The van der Waals surface area contributed by atoms with Gasteiger partial charge in [0.2, 0.25) is 5.91 Å². The number of carbonyl (C=O) groups is 1. The molecule has 2 aromatic rings. The van der Waals surface area contributed by atoms with Gasteiger partial charge in [0.15, 0.2) is 0 Å². The molecule has 6 nitrogen and oxygen atoms in total. The van der Waals surface area contributed by atoms with E-state index in [9.17, 15) is 14.9 Å². The highest BCUT2D eigenvalue weighted by Crippen LogP contribution is 2.22. The smallest absolute Gasteiger partial charge is 0.269 e. The first kappa shape index (κ1) is 17.6. The molecule has 0 spiro atoms. The highest BCUT2D eigenvalue weighted by molar-refractivity contribution is 5.77. The van der Waals surface area contributed by atoms with Crippen LogP contribution in [0.25, 0.3) is 0 Å². The summed E-state index contributed by atoms with van der Waals surface area (Å²) in [6.07, 6.45) is 0.795. The molecule has 0 aliphatic carbocycles. The molecule has 0 bridgehead atoms. The largest absolute Gasteiger partial charge is 0.349 e. The zero-order valence-corrected chi connectivity index (χ0v) is 13.5. The van der Waals surface area contributed by atoms with Gasteiger partial charge < -0.3 is 11.1 Å². The molecule has 0 aliphatic heterocycles. The van der Waals surface area contributed by atoms with Crippen LogP contribution in [-0.2, 0) is 4.79 Å². The number of benzene rings is 2. The zero-order chi connectivity index (χ0) is 17.5. The normalized spacial score (nSPS) is 13.1. The molecule has 24 heavy (non-hydrogen) atoms. The average molecular weight is 327 g/mol. The fraction of sp³-hybridized carbons (Fsp3) is 0.278. The monoisotopic (exact) mass is 327 g/mol. The van der Waals surface area contributed by atoms with Crippen molar-refractivity contribution in [3.05, 3.63) is 75.8 Å². The van der Waals surface area contributed by atoms with Crippen molar-refractivity contribution < 1.29 is 9.72 Å². The van der Waals surface area contributed by atoms with Crippen molar-refractivity contribution in [3.8, 4) is 0 Å². The Hall–Kier alpha value is -2.73. The van der Waals surface area contributed by atoms with Crippen LogP contribution in [0.15, 0.2) is 54.6 Å². The van der Waals surface area contributed by atoms with Gasteiger partial charge in [-0.25, -0.2) is 0 Å². The fourth-order valence-corrected chi connectivity index (χ4v) is 2.55. The van der Waals surface area contributed by atoms with E-state index in [0.717, 1.165) is 5.56 Å². The molecule has 6 heteroatoms. The van der Waals surface area contributed by atoms with Crippen molar-refractivity contribution >= 4 is 11.6 Å². The molecule has 2 atom stereocenters. The summed E-state index contributed by atoms with van der Waals surface area (Å²) in [5, 5.41) is 13.8. The first-order chi connectivity index (χ1) is 11.5. The number of hydrogen-bond donors (Lipinski definition) is 2. The highest BCUT2D eigenvalue weighted by atomic mass is 16.6. The number of nitro benzene ring substituents is 1. The van der Waals surface area contributed by atoms with E-state index < -0.39 is 4.92 Å². The molecule has 0 saturated carbocycles. The van der Waals surface area contributed by atoms with Crippen molar-refractivity contribution in [2.24, 2.45) is 5.73 Å². The number of carbonyl (C=O) groups excluding carboxylic acids is 1. The van der Waals surface area contributed by atoms with Crippen LogP contribution in [0, 0.1) is 10.1 Å². The zero-order valence-electron chi connectivity index (χ0n) is 13.5. The third-order valence-corrected chi connectivity index (χ3v) is 3.86. The van der Waals surface area contributed by atoms with Gasteiger partial charge >= 0.3 is 0 Å². The van der Waals surface area contributed by atoms with Crippen LogP contribution in [-0.4, -0.2) is 10.8 Å². The maximum atomic E-state index is 12.3. The number of nitrogens with zero attached hydrogens (tertiary/aromatic N) is 1. The van der Waals surface area contributed by atoms with Gasteiger partial charge in [0.1, 0.15) is 0 Å². The van der Waals surface area contributed by atoms with E-state index in [4.69, 9.17) is 5.73 Å². The van der Waals surface area contributed by atoms with E-state index in [2.05, 4.69) is 5.32 Å². The molecule has 3 N–H and O–H groups in total. The lowest BCUT2D eigenvalue weighted by molar-refractivity contribution is -0.384. The minimum atomic E-state index is -0.441. The van der Waals surface area contributed by atoms with Gasteiger partial charge in [0, 0.05) is 24.6 Å². The lowest BCUT2D eigenvalue weighted by Gasteiger charge is -2.19. The first-order valence-corrected chi connectivity index (χ1v) is 7.85. The molecule has 2 aromatic carbocycles. The van der Waals surface area contributed by atoms with Crippen molar-refractivity contribution in [2.75, 3.05) is 0 Å². The summed E-state index contributed by atoms with van der Waals surface area (Å²) in [4.78, 5) is 22.7. The Morgan fingerprint density at radius 2 is 1.83 bits per heavy atom. The predicted octanol–water partition coefficient (Wildman–Crippen LogP) is 3.25. The average Bonchev–Trinajstić information content (AvgIpc) is 2.60. The van der Waals surface area contributed by atoms with Crippen LogP contribution in [0.5, 0.6) is 0 Å². The molecule has 2 unspecified atom stereocenters. The Morgan fingerprint density at radius 1 is 1.17 bits per heavy atom. The van der Waals surface area contributed by atoms with Crippen LogP contribution >= 0.6 is 0 Å². The SMILES string of the molecule is CCC(NC(=O)CC(N)c1ccccc1)c1cccc([N+](=O)[O-])c1. The number of nitrogens with one attached hydrogen (secondary N) is 1. The topological polar surface area (TPSA) is 98.3 Å². The van der Waals surface area contributed by atoms with Crippen LogP contribution in [0.3, 0.4) is 0 Å². The van der Waals surface area contributed by atoms with Gasteiger partial charge in [0.05, 0.1) is 11.0 Å². The quantitative estimate of drug-likeness (QED) is 0.602. The molecule has 0 saturated heterocycles. The Kier molecular flexibility index (Phi) is 6.03. The predicted molar refractivity (Wildman–Crippen MR) is 92.3 cm³/mol. The van der Waals surface area contributed by atoms with Gasteiger partial charge in [0.25, 0.3) is 5.69 Å². The second-order valence-electron chi connectivity index (χ2n) is 5.60. The molecule has 0 fully saturated rings. The molecule has 0 aliphatic rings. The van der Waals surface area contributed by atoms with E-state index in [0.29, 0.717) is 12.0 Å².